The van der Waals surface area contributed by atoms with Gasteiger partial charge in [0.25, 0.3) is 0 Å². The molecule has 0 heterocycles. The lowest BCUT2D eigenvalue weighted by molar-refractivity contribution is 0.290. The van der Waals surface area contributed by atoms with Gasteiger partial charge in [0.2, 0.25) is 0 Å². The van der Waals surface area contributed by atoms with E-state index in [-0.39, 0.29) is 12.0 Å². The van der Waals surface area contributed by atoms with Gasteiger partial charge in [-0.2, -0.15) is 0 Å². The highest BCUT2D eigenvalue weighted by atomic mass is 35.5. The average Bonchev–Trinajstić information content (AvgIpc) is 1.67. The van der Waals surface area contributed by atoms with Gasteiger partial charge in [0.1, 0.15) is 0 Å². The molecule has 3 heteroatoms. The van der Waals surface area contributed by atoms with Crippen LogP contribution in [0.25, 0.3) is 0 Å². The number of allylic oxidation sites excluding steroid dienone is 1. The van der Waals surface area contributed by atoms with Crippen molar-refractivity contribution in [1.82, 2.24) is 0 Å². The van der Waals surface area contributed by atoms with Gasteiger partial charge in [0.15, 0.2) is 0 Å². The molecule has 0 aromatic rings. The fourth-order valence-electron chi connectivity index (χ4n) is 0.270. The maximum Gasteiger partial charge on any atom is 0.0708 e. The molecule has 0 aliphatic heterocycles. The molecule has 0 bridgehead atoms. The molecule has 48 valence electrons. The van der Waals surface area contributed by atoms with Crippen molar-refractivity contribution in [2.45, 2.75) is 11.8 Å². The molecule has 1 atom stereocenters. The van der Waals surface area contributed by atoms with E-state index in [2.05, 4.69) is 6.58 Å². The lowest BCUT2D eigenvalue weighted by Crippen LogP contribution is -1.99. The van der Waals surface area contributed by atoms with E-state index in [1.54, 1.807) is 0 Å². The summed E-state index contributed by atoms with van der Waals surface area (Å²) in [5, 5.41) is 8.40. The first-order chi connectivity index (χ1) is 3.68. The van der Waals surface area contributed by atoms with Crippen LogP contribution in [-0.2, 0) is 0 Å². The Morgan fingerprint density at radius 1 is 1.75 bits per heavy atom. The maximum absolute atomic E-state index is 8.30. The summed E-state index contributed by atoms with van der Waals surface area (Å²) in [4.78, 5) is 0. The van der Waals surface area contributed by atoms with Crippen molar-refractivity contribution in [3.63, 3.8) is 0 Å². The molecule has 0 radical (unpaired) electrons. The Labute approximate surface area is 58.9 Å². The first-order valence-electron chi connectivity index (χ1n) is 2.27. The normalized spacial score (nSPS) is 13.4. The highest BCUT2D eigenvalue weighted by Crippen LogP contribution is 2.14. The van der Waals surface area contributed by atoms with E-state index in [1.165, 1.54) is 0 Å². The van der Waals surface area contributed by atoms with E-state index < -0.39 is 0 Å². The van der Waals surface area contributed by atoms with Gasteiger partial charge in [-0.1, -0.05) is 18.2 Å². The minimum atomic E-state index is -0.290. The van der Waals surface area contributed by atoms with Gasteiger partial charge >= 0.3 is 0 Å². The second-order valence-electron chi connectivity index (χ2n) is 1.43. The summed E-state index contributed by atoms with van der Waals surface area (Å²) in [7, 11) is 0. The predicted octanol–water partition coefficient (Wildman–Crippen LogP) is 1.73. The number of aliphatic hydroxyl groups is 1. The molecule has 1 N–H and O–H groups in total. The smallest absolute Gasteiger partial charge is 0.0708 e. The van der Waals surface area contributed by atoms with Gasteiger partial charge in [-0.15, -0.1) is 11.6 Å². The highest BCUT2D eigenvalue weighted by Gasteiger charge is 2.03. The first-order valence-corrected chi connectivity index (χ1v) is 3.09. The molecule has 0 saturated heterocycles. The molecule has 8 heavy (non-hydrogen) atoms. The Morgan fingerprint density at radius 3 is 2.38 bits per heavy atom. The molecule has 0 aliphatic rings. The topological polar surface area (TPSA) is 20.2 Å². The zero-order chi connectivity index (χ0) is 6.57. The average molecular weight is 155 g/mol. The molecule has 0 rings (SSSR count). The van der Waals surface area contributed by atoms with E-state index in [1.807, 2.05) is 0 Å². The molecule has 0 amide bonds. The predicted molar refractivity (Wildman–Crippen MR) is 36.3 cm³/mol. The van der Waals surface area contributed by atoms with Crippen LogP contribution in [0.1, 0.15) is 6.42 Å². The zero-order valence-electron chi connectivity index (χ0n) is 4.40. The van der Waals surface area contributed by atoms with Crippen molar-refractivity contribution in [3.8, 4) is 0 Å². The molecule has 1 nitrogen and oxygen atoms in total. The fourth-order valence-corrected chi connectivity index (χ4v) is 0.477. The summed E-state index contributed by atoms with van der Waals surface area (Å²) >= 11 is 10.9. The Morgan fingerprint density at radius 2 is 2.25 bits per heavy atom. The standard InChI is InChI=1S/C5H8Cl2O/c1-4(6)5(7)2-3-8/h5,8H,1-3H2. The van der Waals surface area contributed by atoms with Crippen LogP contribution >= 0.6 is 23.2 Å². The third-order valence-corrected chi connectivity index (χ3v) is 1.58. The van der Waals surface area contributed by atoms with Crippen LogP contribution < -0.4 is 0 Å². The Bertz CT molecular complexity index is 82.5. The summed E-state index contributed by atoms with van der Waals surface area (Å²) in [6.45, 7) is 3.45. The van der Waals surface area contributed by atoms with Crippen LogP contribution in [0.4, 0.5) is 0 Å². The summed E-state index contributed by atoms with van der Waals surface area (Å²) in [6.07, 6.45) is 0.476. The fraction of sp³-hybridized carbons (Fsp3) is 0.600. The van der Waals surface area contributed by atoms with Gasteiger partial charge in [-0.05, 0) is 6.42 Å². The van der Waals surface area contributed by atoms with E-state index in [0.29, 0.717) is 11.5 Å². The van der Waals surface area contributed by atoms with Crippen LogP contribution in [0.3, 0.4) is 0 Å². The Balaban J connectivity index is 3.32. The van der Waals surface area contributed by atoms with Gasteiger partial charge < -0.3 is 5.11 Å². The molecule has 0 saturated carbocycles. The quantitative estimate of drug-likeness (QED) is 0.615. The van der Waals surface area contributed by atoms with Crippen molar-refractivity contribution in [3.05, 3.63) is 11.6 Å². The zero-order valence-corrected chi connectivity index (χ0v) is 5.91. The molecule has 0 fully saturated rings. The summed E-state index contributed by atoms with van der Waals surface area (Å²) in [5.74, 6) is 0. The second-order valence-corrected chi connectivity index (χ2v) is 2.44. The van der Waals surface area contributed by atoms with Gasteiger partial charge in [-0.25, -0.2) is 0 Å². The number of aliphatic hydroxyl groups excluding tert-OH is 1. The van der Waals surface area contributed by atoms with Crippen LogP contribution in [0.2, 0.25) is 0 Å². The van der Waals surface area contributed by atoms with Crippen molar-refractivity contribution >= 4 is 23.2 Å². The number of rotatable bonds is 3. The van der Waals surface area contributed by atoms with E-state index in [0.717, 1.165) is 0 Å². The maximum atomic E-state index is 8.30. The van der Waals surface area contributed by atoms with Crippen LogP contribution in [0, 0.1) is 0 Å². The van der Waals surface area contributed by atoms with Gasteiger partial charge in [0.05, 0.1) is 5.38 Å². The molecule has 0 aromatic carbocycles. The highest BCUT2D eigenvalue weighted by molar-refractivity contribution is 6.37. The van der Waals surface area contributed by atoms with Crippen molar-refractivity contribution in [2.75, 3.05) is 6.61 Å². The molecule has 1 unspecified atom stereocenters. The van der Waals surface area contributed by atoms with Crippen molar-refractivity contribution in [2.24, 2.45) is 0 Å². The molecular formula is C5H8Cl2O. The third kappa shape index (κ3) is 3.30. The van der Waals surface area contributed by atoms with Crippen LogP contribution in [-0.4, -0.2) is 17.1 Å². The lowest BCUT2D eigenvalue weighted by atomic mass is 10.3. The van der Waals surface area contributed by atoms with Gasteiger partial charge in [0, 0.05) is 11.6 Å². The molecular weight excluding hydrogens is 147 g/mol. The SMILES string of the molecule is C=C(Cl)C(Cl)CCO. The molecule has 0 spiro atoms. The monoisotopic (exact) mass is 154 g/mol. The number of hydrogen-bond donors (Lipinski definition) is 1. The summed E-state index contributed by atoms with van der Waals surface area (Å²) in [6, 6.07) is 0. The summed E-state index contributed by atoms with van der Waals surface area (Å²) < 4.78 is 0. The largest absolute Gasteiger partial charge is 0.396 e. The number of alkyl halides is 1. The minimum Gasteiger partial charge on any atom is -0.396 e. The number of halogens is 2. The second kappa shape index (κ2) is 4.19. The summed E-state index contributed by atoms with van der Waals surface area (Å²) in [5.41, 5.74) is 0. The van der Waals surface area contributed by atoms with Crippen molar-refractivity contribution < 1.29 is 5.11 Å². The van der Waals surface area contributed by atoms with E-state index in [4.69, 9.17) is 28.3 Å². The first kappa shape index (κ1) is 8.28. The Kier molecular flexibility index (Phi) is 4.33. The third-order valence-electron chi connectivity index (χ3n) is 0.722. The lowest BCUT2D eigenvalue weighted by Gasteiger charge is -2.01. The molecule has 0 aliphatic carbocycles. The van der Waals surface area contributed by atoms with Gasteiger partial charge in [-0.3, -0.25) is 0 Å². The Hall–Kier alpha value is 0.280. The van der Waals surface area contributed by atoms with E-state index >= 15 is 0 Å². The minimum absolute atomic E-state index is 0.0555. The van der Waals surface area contributed by atoms with Crippen LogP contribution in [0.15, 0.2) is 11.6 Å². The van der Waals surface area contributed by atoms with Crippen LogP contribution in [0.5, 0.6) is 0 Å². The van der Waals surface area contributed by atoms with Crippen molar-refractivity contribution in [1.29, 1.82) is 0 Å². The number of hydrogen-bond acceptors (Lipinski definition) is 1. The van der Waals surface area contributed by atoms with E-state index in [9.17, 15) is 0 Å². The molecule has 0 aromatic heterocycles.